The quantitative estimate of drug-likeness (QED) is 0.133. The summed E-state index contributed by atoms with van der Waals surface area (Å²) in [5.74, 6) is 1.97. The van der Waals surface area contributed by atoms with E-state index >= 15 is 0 Å². The van der Waals surface area contributed by atoms with Crippen molar-refractivity contribution in [3.05, 3.63) is 122 Å². The molecule has 0 radical (unpaired) electrons. The van der Waals surface area contributed by atoms with Crippen molar-refractivity contribution in [3.8, 4) is 60.7 Å². The van der Waals surface area contributed by atoms with E-state index in [1.54, 1.807) is 13.0 Å². The van der Waals surface area contributed by atoms with Gasteiger partial charge in [-0.15, -0.1) is 0 Å². The van der Waals surface area contributed by atoms with Crippen LogP contribution in [0, 0.1) is 142 Å². The Morgan fingerprint density at radius 1 is 0.486 bits per heavy atom. The van der Waals surface area contributed by atoms with E-state index in [1.807, 2.05) is 104 Å². The smallest absolute Gasteiger partial charge is 0.0946 e. The lowest BCUT2D eigenvalue weighted by atomic mass is 9.89. The molecule has 0 amide bonds. The molecule has 0 aliphatic rings. The number of nitrogens with zero attached hydrogens (tertiary/aromatic N) is 10. The lowest BCUT2D eigenvalue weighted by Crippen LogP contribution is -2.05. The fourth-order valence-electron chi connectivity index (χ4n) is 3.03. The fraction of sp³-hybridized carbons (Fsp3) is 0.516. The van der Waals surface area contributed by atoms with Crippen molar-refractivity contribution in [2.75, 3.05) is 0 Å². The van der Waals surface area contributed by atoms with Crippen LogP contribution in [0.1, 0.15) is 181 Å². The zero-order valence-electron chi connectivity index (χ0n) is 47.9. The van der Waals surface area contributed by atoms with Gasteiger partial charge in [0.15, 0.2) is 0 Å². The number of unbranched alkanes of at least 4 members (excludes halogenated alkanes) is 1. The first kappa shape index (κ1) is 87.4. The standard InChI is InChI=1S/3C8H13N.2C7H11N.2C6H9N.C5H7N.C4H5N.C3H3N/c1-7(2)4-5-8(3)6-9;1-4-7(2)5-8(3)6-9;1-4-5-7(2)8(3)6-9;1-6(5-8)7(2,3)4;1-3-4-5-7(2)6-8;1-5(2)6(3)4-7;1-3-4-6(2)5-7;1-3-5(2)4-6;1-4(2)3-5;1-2-3-4/h3*7H,3-5H2,1-2H3;1H2,2-4H3;2-5H2,1H3;5H,3H2,1-2H3;2-4H2,1H3;2-3H2,1H3;1H2,2H3;2H,1H2. The number of nitriles is 10. The van der Waals surface area contributed by atoms with Crippen LogP contribution in [0.5, 0.6) is 0 Å². The number of hydrogen-bond donors (Lipinski definition) is 0. The molecule has 0 saturated carbocycles. The first-order valence-corrected chi connectivity index (χ1v) is 24.1. The van der Waals surface area contributed by atoms with Crippen LogP contribution in [0.4, 0.5) is 0 Å². The first-order chi connectivity index (χ1) is 33.4. The topological polar surface area (TPSA) is 238 Å². The van der Waals surface area contributed by atoms with E-state index in [1.165, 1.54) is 6.08 Å². The van der Waals surface area contributed by atoms with Crippen LogP contribution in [0.15, 0.2) is 122 Å². The summed E-state index contributed by atoms with van der Waals surface area (Å²) in [5.41, 5.74) is 5.94. The van der Waals surface area contributed by atoms with Crippen molar-refractivity contribution in [1.82, 2.24) is 0 Å². The molecule has 2 atom stereocenters. The van der Waals surface area contributed by atoms with Crippen molar-refractivity contribution in [2.24, 2.45) is 29.1 Å². The second-order valence-electron chi connectivity index (χ2n) is 17.6. The first-order valence-electron chi connectivity index (χ1n) is 24.1. The third kappa shape index (κ3) is 100. The van der Waals surface area contributed by atoms with Gasteiger partial charge in [-0.05, 0) is 87.4 Å². The fourth-order valence-corrected chi connectivity index (χ4v) is 3.03. The zero-order valence-corrected chi connectivity index (χ0v) is 47.9. The molecule has 0 aromatic rings. The maximum atomic E-state index is 8.38. The SMILES string of the molecule is C=C(C#N)C(C)(C)C.C=C(C#N)C(C)C.C=C(C#N)C(C)CCC.C=C(C#N)CC.C=C(C#N)CC(C)CC.C=C(C#N)CCC.C=C(C#N)CCC(C)C.C=C(C#N)CCCC.C=C(C)C#N.C=CC#N. The molecule has 0 saturated heterocycles. The van der Waals surface area contributed by atoms with Gasteiger partial charge in [-0.1, -0.05) is 188 Å². The van der Waals surface area contributed by atoms with Crippen LogP contribution in [0.2, 0.25) is 0 Å². The van der Waals surface area contributed by atoms with Gasteiger partial charge in [-0.2, -0.15) is 52.6 Å². The van der Waals surface area contributed by atoms with Gasteiger partial charge < -0.3 is 0 Å². The Labute approximate surface area is 443 Å². The predicted molar refractivity (Wildman–Crippen MR) is 305 cm³/mol. The van der Waals surface area contributed by atoms with Crippen LogP contribution in [0.3, 0.4) is 0 Å². The summed E-state index contributed by atoms with van der Waals surface area (Å²) in [6, 6.07) is 19.5. The van der Waals surface area contributed by atoms with Crippen LogP contribution < -0.4 is 0 Å². The molecule has 0 N–H and O–H groups in total. The minimum atomic E-state index is -0.0469. The third-order valence-corrected chi connectivity index (χ3v) is 8.54. The summed E-state index contributed by atoms with van der Waals surface area (Å²) in [4.78, 5) is 0. The molecule has 0 spiro atoms. The highest BCUT2D eigenvalue weighted by atomic mass is 14.3. The molecule has 0 aliphatic carbocycles. The van der Waals surface area contributed by atoms with E-state index in [9.17, 15) is 0 Å². The zero-order chi connectivity index (χ0) is 59.3. The molecule has 392 valence electrons. The second-order valence-corrected chi connectivity index (χ2v) is 17.6. The minimum absolute atomic E-state index is 0.0469. The van der Waals surface area contributed by atoms with Crippen LogP contribution in [0.25, 0.3) is 0 Å². The van der Waals surface area contributed by atoms with Crippen molar-refractivity contribution in [2.45, 2.75) is 181 Å². The normalized spacial score (nSPS) is 8.88. The van der Waals surface area contributed by atoms with Crippen molar-refractivity contribution in [1.29, 1.82) is 52.6 Å². The van der Waals surface area contributed by atoms with Gasteiger partial charge in [-0.3, -0.25) is 0 Å². The van der Waals surface area contributed by atoms with E-state index in [0.717, 1.165) is 77.0 Å². The third-order valence-electron chi connectivity index (χ3n) is 8.54. The Hall–Kier alpha value is -7.70. The Morgan fingerprint density at radius 2 is 0.875 bits per heavy atom. The van der Waals surface area contributed by atoms with Crippen molar-refractivity contribution < 1.29 is 0 Å². The van der Waals surface area contributed by atoms with E-state index < -0.39 is 0 Å². The Morgan fingerprint density at radius 3 is 1.06 bits per heavy atom. The summed E-state index contributed by atoms with van der Waals surface area (Å²) >= 11 is 0. The summed E-state index contributed by atoms with van der Waals surface area (Å²) in [6.07, 6.45) is 13.0. The van der Waals surface area contributed by atoms with E-state index in [4.69, 9.17) is 52.6 Å². The number of allylic oxidation sites excluding steroid dienone is 10. The van der Waals surface area contributed by atoms with Gasteiger partial charge in [0.2, 0.25) is 0 Å². The van der Waals surface area contributed by atoms with Crippen LogP contribution in [-0.2, 0) is 0 Å². The van der Waals surface area contributed by atoms with Gasteiger partial charge in [0, 0.05) is 56.2 Å². The van der Waals surface area contributed by atoms with Crippen LogP contribution in [-0.4, -0.2) is 0 Å². The molecule has 0 aromatic heterocycles. The lowest BCUT2D eigenvalue weighted by molar-refractivity contribution is 0.522. The molecule has 10 heteroatoms. The van der Waals surface area contributed by atoms with E-state index in [-0.39, 0.29) is 5.41 Å². The molecule has 0 heterocycles. The van der Waals surface area contributed by atoms with E-state index in [2.05, 4.69) is 113 Å². The molecule has 0 bridgehead atoms. The minimum Gasteiger partial charge on any atom is -0.193 e. The highest BCUT2D eigenvalue weighted by molar-refractivity contribution is 5.22. The summed E-state index contributed by atoms with van der Waals surface area (Å²) in [5, 5.41) is 81.1. The maximum absolute atomic E-state index is 8.38. The Bertz CT molecular complexity index is 2010. The summed E-state index contributed by atoms with van der Waals surface area (Å²) < 4.78 is 0. The second kappa shape index (κ2) is 67.6. The van der Waals surface area contributed by atoms with Crippen molar-refractivity contribution >= 4 is 0 Å². The molecule has 10 nitrogen and oxygen atoms in total. The maximum Gasteiger partial charge on any atom is 0.0946 e. The van der Waals surface area contributed by atoms with Gasteiger partial charge in [0.25, 0.3) is 0 Å². The molecule has 0 fully saturated rings. The van der Waals surface area contributed by atoms with Gasteiger partial charge >= 0.3 is 0 Å². The molecule has 72 heavy (non-hydrogen) atoms. The van der Waals surface area contributed by atoms with E-state index in [0.29, 0.717) is 73.8 Å². The van der Waals surface area contributed by atoms with Gasteiger partial charge in [-0.25, -0.2) is 0 Å². The summed E-state index contributed by atoms with van der Waals surface area (Å²) in [7, 11) is 0. The predicted octanol–water partition coefficient (Wildman–Crippen LogP) is 18.7. The average molecular weight is 980 g/mol. The lowest BCUT2D eigenvalue weighted by Gasteiger charge is -2.14. The molecular weight excluding hydrogens is 885 g/mol. The molecular formula is C62H94N10. The molecule has 2 unspecified atom stereocenters. The Balaban J connectivity index is -0.0000000747. The monoisotopic (exact) mass is 979 g/mol. The number of hydrogen-bond acceptors (Lipinski definition) is 10. The van der Waals surface area contributed by atoms with Gasteiger partial charge in [0.1, 0.15) is 0 Å². The summed E-state index contributed by atoms with van der Waals surface area (Å²) in [6.45, 7) is 65.0. The molecule has 0 rings (SSSR count). The van der Waals surface area contributed by atoms with Crippen molar-refractivity contribution in [3.63, 3.8) is 0 Å². The average Bonchev–Trinajstić information content (AvgIpc) is 3.37. The Kier molecular flexibility index (Phi) is 82.0. The largest absolute Gasteiger partial charge is 0.193 e. The molecule has 0 aromatic carbocycles. The number of rotatable bonds is 16. The van der Waals surface area contributed by atoms with Crippen LogP contribution >= 0.6 is 0 Å². The van der Waals surface area contributed by atoms with Gasteiger partial charge in [0.05, 0.1) is 60.7 Å². The highest BCUT2D eigenvalue weighted by Crippen LogP contribution is 2.21. The highest BCUT2D eigenvalue weighted by Gasteiger charge is 2.13. The molecule has 0 aliphatic heterocycles.